The number of carbonyl (C=O) groups is 1. The molecule has 0 aliphatic carbocycles. The Hall–Kier alpha value is -2.24. The zero-order valence-electron chi connectivity index (χ0n) is 10.7. The first-order chi connectivity index (χ1) is 9.72. The fraction of sp³-hybridized carbons (Fsp3) is 0.417. The first kappa shape index (κ1) is 16.8. The molecule has 0 saturated carbocycles. The van der Waals surface area contributed by atoms with Crippen LogP contribution in [0, 0.1) is 11.3 Å². The standard InChI is InChI=1S/C12H9F5N2O2/c1-2-21-9(20)3-6-7(4-18)10(12(15,16)17)19-5-8(6)11(13)14/h5,11H,2-3H2,1H3. The van der Waals surface area contributed by atoms with Crippen molar-refractivity contribution in [3.05, 3.63) is 28.6 Å². The molecule has 114 valence electrons. The Kier molecular flexibility index (Phi) is 5.18. The molecule has 1 aromatic rings. The van der Waals surface area contributed by atoms with E-state index in [4.69, 9.17) is 5.26 Å². The number of halogens is 5. The maximum Gasteiger partial charge on any atom is 0.434 e. The van der Waals surface area contributed by atoms with Gasteiger partial charge in [-0.2, -0.15) is 18.4 Å². The van der Waals surface area contributed by atoms with Crippen LogP contribution in [0.1, 0.15) is 35.7 Å². The van der Waals surface area contributed by atoms with E-state index in [1.165, 1.54) is 13.0 Å². The Morgan fingerprint density at radius 3 is 2.52 bits per heavy atom. The number of aromatic nitrogens is 1. The largest absolute Gasteiger partial charge is 0.466 e. The van der Waals surface area contributed by atoms with Gasteiger partial charge in [0, 0.05) is 11.8 Å². The number of hydrogen-bond acceptors (Lipinski definition) is 4. The van der Waals surface area contributed by atoms with Gasteiger partial charge in [0.05, 0.1) is 18.6 Å². The molecule has 0 atom stereocenters. The molecule has 0 amide bonds. The highest BCUT2D eigenvalue weighted by molar-refractivity contribution is 5.74. The number of nitrogens with zero attached hydrogens (tertiary/aromatic N) is 2. The van der Waals surface area contributed by atoms with Crippen molar-refractivity contribution in [3.63, 3.8) is 0 Å². The molecule has 0 bridgehead atoms. The van der Waals surface area contributed by atoms with E-state index in [0.29, 0.717) is 6.20 Å². The fourth-order valence-corrected chi connectivity index (χ4v) is 1.63. The fourth-order valence-electron chi connectivity index (χ4n) is 1.63. The van der Waals surface area contributed by atoms with E-state index < -0.39 is 47.4 Å². The number of pyridine rings is 1. The predicted octanol–water partition coefficient (Wildman–Crippen LogP) is 3.02. The summed E-state index contributed by atoms with van der Waals surface area (Å²) in [6.07, 6.45) is -8.70. The van der Waals surface area contributed by atoms with Crippen molar-refractivity contribution >= 4 is 5.97 Å². The topological polar surface area (TPSA) is 63.0 Å². The Morgan fingerprint density at radius 2 is 2.10 bits per heavy atom. The van der Waals surface area contributed by atoms with Crippen LogP contribution in [0.5, 0.6) is 0 Å². The molecule has 0 aliphatic rings. The van der Waals surface area contributed by atoms with Gasteiger partial charge in [0.15, 0.2) is 5.69 Å². The quantitative estimate of drug-likeness (QED) is 0.633. The third-order valence-electron chi connectivity index (χ3n) is 2.46. The van der Waals surface area contributed by atoms with E-state index in [1.807, 2.05) is 0 Å². The predicted molar refractivity (Wildman–Crippen MR) is 59.2 cm³/mol. The summed E-state index contributed by atoms with van der Waals surface area (Å²) < 4.78 is 68.3. The molecule has 0 aliphatic heterocycles. The lowest BCUT2D eigenvalue weighted by molar-refractivity contribution is -0.143. The lowest BCUT2D eigenvalue weighted by atomic mass is 9.99. The molecule has 4 nitrogen and oxygen atoms in total. The highest BCUT2D eigenvalue weighted by Crippen LogP contribution is 2.35. The zero-order valence-corrected chi connectivity index (χ0v) is 10.7. The van der Waals surface area contributed by atoms with E-state index in [0.717, 1.165) is 0 Å². The summed E-state index contributed by atoms with van der Waals surface area (Å²) in [4.78, 5) is 14.2. The Balaban J connectivity index is 3.47. The van der Waals surface area contributed by atoms with Crippen LogP contribution in [0.25, 0.3) is 0 Å². The normalized spacial score (nSPS) is 11.3. The van der Waals surface area contributed by atoms with Gasteiger partial charge in [0.1, 0.15) is 6.07 Å². The van der Waals surface area contributed by atoms with Gasteiger partial charge in [0.25, 0.3) is 6.43 Å². The SMILES string of the molecule is CCOC(=O)Cc1c(C(F)F)cnc(C(F)(F)F)c1C#N. The molecule has 0 aromatic carbocycles. The zero-order chi connectivity index (χ0) is 16.2. The van der Waals surface area contributed by atoms with Crippen molar-refractivity contribution in [2.45, 2.75) is 25.9 Å². The van der Waals surface area contributed by atoms with Gasteiger partial charge in [-0.25, -0.2) is 13.8 Å². The average molecular weight is 308 g/mol. The van der Waals surface area contributed by atoms with Crippen LogP contribution in [0.15, 0.2) is 6.20 Å². The number of esters is 1. The van der Waals surface area contributed by atoms with Gasteiger partial charge >= 0.3 is 12.1 Å². The van der Waals surface area contributed by atoms with E-state index in [-0.39, 0.29) is 6.61 Å². The summed E-state index contributed by atoms with van der Waals surface area (Å²) in [6.45, 7) is 1.38. The molecule has 0 fully saturated rings. The van der Waals surface area contributed by atoms with Gasteiger partial charge in [-0.1, -0.05) is 0 Å². The van der Waals surface area contributed by atoms with Gasteiger partial charge < -0.3 is 4.74 Å². The van der Waals surface area contributed by atoms with E-state index >= 15 is 0 Å². The number of rotatable bonds is 4. The highest BCUT2D eigenvalue weighted by atomic mass is 19.4. The van der Waals surface area contributed by atoms with Gasteiger partial charge in [0.2, 0.25) is 0 Å². The van der Waals surface area contributed by atoms with Crippen LogP contribution >= 0.6 is 0 Å². The smallest absolute Gasteiger partial charge is 0.434 e. The van der Waals surface area contributed by atoms with Crippen molar-refractivity contribution in [3.8, 4) is 6.07 Å². The Morgan fingerprint density at radius 1 is 1.48 bits per heavy atom. The van der Waals surface area contributed by atoms with Crippen molar-refractivity contribution in [1.82, 2.24) is 4.98 Å². The number of alkyl halides is 5. The van der Waals surface area contributed by atoms with Gasteiger partial charge in [-0.3, -0.25) is 4.79 Å². The van der Waals surface area contributed by atoms with Crippen LogP contribution in [-0.2, 0) is 22.1 Å². The number of carbonyl (C=O) groups excluding carboxylic acids is 1. The van der Waals surface area contributed by atoms with Crippen molar-refractivity contribution in [1.29, 1.82) is 5.26 Å². The van der Waals surface area contributed by atoms with Crippen LogP contribution in [0.4, 0.5) is 22.0 Å². The average Bonchev–Trinajstić information content (AvgIpc) is 2.36. The number of ether oxygens (including phenoxy) is 1. The van der Waals surface area contributed by atoms with E-state index in [1.54, 1.807) is 0 Å². The molecule has 0 unspecified atom stereocenters. The van der Waals surface area contributed by atoms with Crippen molar-refractivity contribution in [2.24, 2.45) is 0 Å². The first-order valence-corrected chi connectivity index (χ1v) is 5.65. The van der Waals surface area contributed by atoms with Crippen LogP contribution < -0.4 is 0 Å². The molecule has 0 radical (unpaired) electrons. The Labute approximate surface area is 116 Å². The van der Waals surface area contributed by atoms with E-state index in [9.17, 15) is 26.7 Å². The minimum absolute atomic E-state index is 0.0675. The molecule has 0 saturated heterocycles. The Bertz CT molecular complexity index is 578. The number of nitriles is 1. The van der Waals surface area contributed by atoms with Crippen LogP contribution in [0.3, 0.4) is 0 Å². The summed E-state index contributed by atoms with van der Waals surface area (Å²) in [7, 11) is 0. The van der Waals surface area contributed by atoms with Gasteiger partial charge in [-0.15, -0.1) is 0 Å². The molecule has 1 aromatic heterocycles. The first-order valence-electron chi connectivity index (χ1n) is 5.65. The third-order valence-corrected chi connectivity index (χ3v) is 2.46. The minimum atomic E-state index is -4.99. The monoisotopic (exact) mass is 308 g/mol. The second-order valence-electron chi connectivity index (χ2n) is 3.81. The molecule has 1 rings (SSSR count). The molecule has 1 heterocycles. The molecule has 0 N–H and O–H groups in total. The summed E-state index contributed by atoms with van der Waals surface area (Å²) >= 11 is 0. The third kappa shape index (κ3) is 3.87. The molecule has 0 spiro atoms. The second-order valence-corrected chi connectivity index (χ2v) is 3.81. The maximum atomic E-state index is 12.8. The van der Waals surface area contributed by atoms with Crippen LogP contribution in [0.2, 0.25) is 0 Å². The summed E-state index contributed by atoms with van der Waals surface area (Å²) in [5.74, 6) is -1.00. The summed E-state index contributed by atoms with van der Waals surface area (Å²) in [5.41, 5.74) is -4.30. The molecular weight excluding hydrogens is 299 g/mol. The molecule has 21 heavy (non-hydrogen) atoms. The summed E-state index contributed by atoms with van der Waals surface area (Å²) in [6, 6.07) is 1.19. The summed E-state index contributed by atoms with van der Waals surface area (Å²) in [5, 5.41) is 8.82. The highest BCUT2D eigenvalue weighted by Gasteiger charge is 2.38. The molecular formula is C12H9F5N2O2. The second kappa shape index (κ2) is 6.47. The van der Waals surface area contributed by atoms with Crippen LogP contribution in [-0.4, -0.2) is 17.6 Å². The maximum absolute atomic E-state index is 12.8. The lowest BCUT2D eigenvalue weighted by Crippen LogP contribution is -2.17. The van der Waals surface area contributed by atoms with Gasteiger partial charge in [-0.05, 0) is 12.5 Å². The molecule has 9 heteroatoms. The minimum Gasteiger partial charge on any atom is -0.466 e. The number of hydrogen-bond donors (Lipinski definition) is 0. The van der Waals surface area contributed by atoms with Crippen molar-refractivity contribution < 1.29 is 31.5 Å². The lowest BCUT2D eigenvalue weighted by Gasteiger charge is -2.14. The van der Waals surface area contributed by atoms with E-state index in [2.05, 4.69) is 9.72 Å². The van der Waals surface area contributed by atoms with Crippen molar-refractivity contribution in [2.75, 3.05) is 6.61 Å².